The summed E-state index contributed by atoms with van der Waals surface area (Å²) >= 11 is 2.08. The van der Waals surface area contributed by atoms with Gasteiger partial charge >= 0.3 is 0 Å². The van der Waals surface area contributed by atoms with Crippen molar-refractivity contribution in [2.45, 2.75) is 0 Å². The largest absolute Gasteiger partial charge is 0.497 e. The standard InChI is InChI=1S/C21H14IN3O5/c1-29-14-6-8-16(19(11-14)25(27)28)20-9-7-15(30-20)10-13(12-23)21(26)24-18-5-3-2-4-17(18)22/h2-11H,1H3,(H,24,26)/b13-10+. The molecule has 0 aliphatic heterocycles. The number of nitrogens with one attached hydrogen (secondary N) is 1. The number of methoxy groups -OCH3 is 1. The predicted molar refractivity (Wildman–Crippen MR) is 119 cm³/mol. The number of hydrogen-bond acceptors (Lipinski definition) is 6. The molecule has 150 valence electrons. The van der Waals surface area contributed by atoms with E-state index in [0.29, 0.717) is 11.4 Å². The summed E-state index contributed by atoms with van der Waals surface area (Å²) < 4.78 is 11.5. The van der Waals surface area contributed by atoms with Crippen molar-refractivity contribution in [2.24, 2.45) is 0 Å². The van der Waals surface area contributed by atoms with Crippen LogP contribution >= 0.6 is 22.6 Å². The number of benzene rings is 2. The van der Waals surface area contributed by atoms with Crippen LogP contribution in [0.15, 0.2) is 64.6 Å². The van der Waals surface area contributed by atoms with E-state index < -0.39 is 10.8 Å². The summed E-state index contributed by atoms with van der Waals surface area (Å²) in [5.41, 5.74) is 0.483. The van der Waals surface area contributed by atoms with Gasteiger partial charge in [-0.15, -0.1) is 0 Å². The fourth-order valence-electron chi connectivity index (χ4n) is 2.62. The molecule has 30 heavy (non-hydrogen) atoms. The van der Waals surface area contributed by atoms with Gasteiger partial charge in [-0.2, -0.15) is 5.26 Å². The molecule has 0 aliphatic carbocycles. The van der Waals surface area contributed by atoms with Gasteiger partial charge in [0.15, 0.2) is 0 Å². The first-order valence-electron chi connectivity index (χ1n) is 8.53. The quantitative estimate of drug-likeness (QED) is 0.162. The highest BCUT2D eigenvalue weighted by atomic mass is 127. The van der Waals surface area contributed by atoms with Crippen molar-refractivity contribution in [3.05, 3.63) is 79.6 Å². The van der Waals surface area contributed by atoms with Crippen LogP contribution in [0.3, 0.4) is 0 Å². The Bertz CT molecular complexity index is 1190. The van der Waals surface area contributed by atoms with Crippen molar-refractivity contribution in [3.8, 4) is 23.1 Å². The number of ether oxygens (including phenoxy) is 1. The molecule has 0 unspecified atom stereocenters. The minimum absolute atomic E-state index is 0.167. The van der Waals surface area contributed by atoms with Gasteiger partial charge in [0, 0.05) is 9.65 Å². The molecule has 0 fully saturated rings. The normalized spacial score (nSPS) is 10.9. The molecule has 0 spiro atoms. The van der Waals surface area contributed by atoms with E-state index in [1.807, 2.05) is 18.2 Å². The number of para-hydroxylation sites is 1. The van der Waals surface area contributed by atoms with Crippen LogP contribution in [0.25, 0.3) is 17.4 Å². The van der Waals surface area contributed by atoms with Crippen LogP contribution in [0.5, 0.6) is 5.75 Å². The fourth-order valence-corrected chi connectivity index (χ4v) is 3.14. The van der Waals surface area contributed by atoms with Crippen LogP contribution in [0.2, 0.25) is 0 Å². The Kier molecular flexibility index (Phi) is 6.48. The Labute approximate surface area is 185 Å². The monoisotopic (exact) mass is 515 g/mol. The zero-order valence-corrected chi connectivity index (χ0v) is 17.7. The lowest BCUT2D eigenvalue weighted by atomic mass is 10.1. The van der Waals surface area contributed by atoms with Gasteiger partial charge in [0.05, 0.1) is 29.4 Å². The van der Waals surface area contributed by atoms with Gasteiger partial charge in [0.25, 0.3) is 11.6 Å². The van der Waals surface area contributed by atoms with Gasteiger partial charge in [-0.1, -0.05) is 12.1 Å². The van der Waals surface area contributed by atoms with Crippen molar-refractivity contribution in [1.82, 2.24) is 0 Å². The first kappa shape index (κ1) is 21.1. The minimum Gasteiger partial charge on any atom is -0.497 e. The number of furan rings is 1. The molecule has 0 atom stereocenters. The molecular formula is C21H14IN3O5. The highest BCUT2D eigenvalue weighted by molar-refractivity contribution is 14.1. The van der Waals surface area contributed by atoms with Crippen LogP contribution in [-0.4, -0.2) is 17.9 Å². The summed E-state index contributed by atoms with van der Waals surface area (Å²) in [6, 6.07) is 16.5. The van der Waals surface area contributed by atoms with Crippen molar-refractivity contribution < 1.29 is 18.9 Å². The highest BCUT2D eigenvalue weighted by Crippen LogP contribution is 2.34. The molecule has 8 nitrogen and oxygen atoms in total. The topological polar surface area (TPSA) is 118 Å². The average molecular weight is 515 g/mol. The van der Waals surface area contributed by atoms with E-state index in [1.54, 1.807) is 18.2 Å². The predicted octanol–water partition coefficient (Wildman–Crippen LogP) is 5.01. The van der Waals surface area contributed by atoms with Crippen molar-refractivity contribution in [3.63, 3.8) is 0 Å². The van der Waals surface area contributed by atoms with Gasteiger partial charge in [-0.3, -0.25) is 14.9 Å². The molecule has 1 heterocycles. The summed E-state index contributed by atoms with van der Waals surface area (Å²) in [7, 11) is 1.42. The maximum Gasteiger partial charge on any atom is 0.284 e. The summed E-state index contributed by atoms with van der Waals surface area (Å²) in [5, 5.41) is 23.4. The zero-order valence-electron chi connectivity index (χ0n) is 15.6. The minimum atomic E-state index is -0.588. The van der Waals surface area contributed by atoms with Crippen LogP contribution < -0.4 is 10.1 Å². The molecule has 0 radical (unpaired) electrons. The highest BCUT2D eigenvalue weighted by Gasteiger charge is 2.20. The van der Waals surface area contributed by atoms with Crippen molar-refractivity contribution in [1.29, 1.82) is 5.26 Å². The Morgan fingerprint density at radius 2 is 2.03 bits per heavy atom. The fraction of sp³-hybridized carbons (Fsp3) is 0.0476. The van der Waals surface area contributed by atoms with Gasteiger partial charge < -0.3 is 14.5 Å². The SMILES string of the molecule is COc1ccc(-c2ccc(/C=C(\C#N)C(=O)Nc3ccccc3I)o2)c([N+](=O)[O-])c1. The molecule has 2 aromatic carbocycles. The van der Waals surface area contributed by atoms with Gasteiger partial charge in [-0.05, 0) is 59.0 Å². The average Bonchev–Trinajstić information content (AvgIpc) is 3.21. The van der Waals surface area contributed by atoms with E-state index in [2.05, 4.69) is 27.9 Å². The first-order valence-corrected chi connectivity index (χ1v) is 9.61. The lowest BCUT2D eigenvalue weighted by molar-refractivity contribution is -0.384. The number of anilines is 1. The van der Waals surface area contributed by atoms with E-state index in [4.69, 9.17) is 9.15 Å². The number of carbonyl (C=O) groups excluding carboxylic acids is 1. The van der Waals surface area contributed by atoms with Crippen LogP contribution in [-0.2, 0) is 4.79 Å². The third-order valence-electron chi connectivity index (χ3n) is 4.07. The summed E-state index contributed by atoms with van der Waals surface area (Å²) in [5.74, 6) is 0.196. The summed E-state index contributed by atoms with van der Waals surface area (Å²) in [6.07, 6.45) is 1.28. The van der Waals surface area contributed by atoms with Crippen molar-refractivity contribution >= 4 is 45.9 Å². The summed E-state index contributed by atoms with van der Waals surface area (Å²) in [6.45, 7) is 0. The number of halogens is 1. The molecule has 9 heteroatoms. The van der Waals surface area contributed by atoms with E-state index in [1.165, 1.54) is 37.5 Å². The lowest BCUT2D eigenvalue weighted by Crippen LogP contribution is -2.14. The second-order valence-electron chi connectivity index (χ2n) is 5.95. The number of hydrogen-bond donors (Lipinski definition) is 1. The number of amides is 1. The van der Waals surface area contributed by atoms with Gasteiger partial charge in [0.1, 0.15) is 28.9 Å². The van der Waals surface area contributed by atoms with Gasteiger partial charge in [0.2, 0.25) is 0 Å². The van der Waals surface area contributed by atoms with Crippen LogP contribution in [0.4, 0.5) is 11.4 Å². The number of rotatable bonds is 6. The molecule has 0 bridgehead atoms. The second-order valence-corrected chi connectivity index (χ2v) is 7.11. The molecular weight excluding hydrogens is 501 g/mol. The maximum atomic E-state index is 12.4. The Hall–Kier alpha value is -3.65. The third-order valence-corrected chi connectivity index (χ3v) is 5.01. The Morgan fingerprint density at radius 3 is 2.70 bits per heavy atom. The molecule has 3 rings (SSSR count). The molecule has 0 saturated heterocycles. The molecule has 1 amide bonds. The summed E-state index contributed by atoms with van der Waals surface area (Å²) in [4.78, 5) is 23.3. The Balaban J connectivity index is 1.89. The molecule has 1 aromatic heterocycles. The van der Waals surface area contributed by atoms with Crippen LogP contribution in [0.1, 0.15) is 5.76 Å². The third kappa shape index (κ3) is 4.66. The zero-order chi connectivity index (χ0) is 21.7. The molecule has 0 aliphatic rings. The van der Waals surface area contributed by atoms with E-state index >= 15 is 0 Å². The molecule has 3 aromatic rings. The smallest absolute Gasteiger partial charge is 0.284 e. The molecule has 1 N–H and O–H groups in total. The van der Waals surface area contributed by atoms with E-state index in [9.17, 15) is 20.2 Å². The van der Waals surface area contributed by atoms with E-state index in [-0.39, 0.29) is 28.3 Å². The molecule has 0 saturated carbocycles. The van der Waals surface area contributed by atoms with Crippen LogP contribution in [0, 0.1) is 25.0 Å². The van der Waals surface area contributed by atoms with E-state index in [0.717, 1.165) is 3.57 Å². The van der Waals surface area contributed by atoms with Crippen molar-refractivity contribution in [2.75, 3.05) is 12.4 Å². The number of nitro groups is 1. The lowest BCUT2D eigenvalue weighted by Gasteiger charge is -2.06. The number of nitriles is 1. The number of nitro benzene ring substituents is 1. The van der Waals surface area contributed by atoms with Gasteiger partial charge in [-0.25, -0.2) is 0 Å². The first-order chi connectivity index (χ1) is 14.4. The number of nitrogens with zero attached hydrogens (tertiary/aromatic N) is 2. The Morgan fingerprint density at radius 1 is 1.27 bits per heavy atom. The second kappa shape index (κ2) is 9.23. The number of carbonyl (C=O) groups is 1. The maximum absolute atomic E-state index is 12.4.